The van der Waals surface area contributed by atoms with Gasteiger partial charge in [-0.05, 0) is 20.3 Å². The Morgan fingerprint density at radius 2 is 2.18 bits per heavy atom. The maximum Gasteiger partial charge on any atom is 0.368 e. The van der Waals surface area contributed by atoms with Gasteiger partial charge in [-0.25, -0.2) is 4.79 Å². The summed E-state index contributed by atoms with van der Waals surface area (Å²) in [6.07, 6.45) is 0.752. The van der Waals surface area contributed by atoms with Crippen molar-refractivity contribution in [1.82, 2.24) is 0 Å². The predicted molar refractivity (Wildman–Crippen MR) is 41.7 cm³/mol. The highest BCUT2D eigenvalue weighted by Gasteiger charge is 2.06. The smallest absolute Gasteiger partial charge is 0.293 e. The molecular weight excluding hydrogens is 144 g/mol. The maximum absolute atomic E-state index is 10.7. The molecule has 0 aromatic carbocycles. The Balaban J connectivity index is 3.54. The molecule has 64 valence electrons. The lowest BCUT2D eigenvalue weighted by Crippen LogP contribution is -2.12. The Bertz CT molecular complexity index is 151. The van der Waals surface area contributed by atoms with E-state index >= 15 is 0 Å². The molecule has 0 saturated heterocycles. The molecule has 0 aliphatic rings. The lowest BCUT2D eigenvalue weighted by atomic mass is 10.3. The molecule has 0 fully saturated rings. The van der Waals surface area contributed by atoms with Crippen LogP contribution in [0.3, 0.4) is 0 Å². The largest absolute Gasteiger partial charge is 0.368 e. The highest BCUT2D eigenvalue weighted by Crippen LogP contribution is 1.99. The van der Waals surface area contributed by atoms with Gasteiger partial charge in [0.25, 0.3) is 0 Å². The molecule has 1 atom stereocenters. The van der Waals surface area contributed by atoms with Crippen molar-refractivity contribution in [3.63, 3.8) is 0 Å². The third-order valence-corrected chi connectivity index (χ3v) is 1.21. The van der Waals surface area contributed by atoms with Crippen LogP contribution in [0.1, 0.15) is 27.2 Å². The molecule has 0 aliphatic heterocycles. The van der Waals surface area contributed by atoms with E-state index in [1.54, 1.807) is 6.92 Å². The van der Waals surface area contributed by atoms with Gasteiger partial charge in [0.15, 0.2) is 0 Å². The average Bonchev–Trinajstić information content (AvgIpc) is 1.99. The minimum atomic E-state index is -0.509. The van der Waals surface area contributed by atoms with Crippen molar-refractivity contribution in [1.29, 1.82) is 0 Å². The minimum absolute atomic E-state index is 0.0571. The molecule has 0 amide bonds. The maximum atomic E-state index is 10.7. The van der Waals surface area contributed by atoms with E-state index in [9.17, 15) is 4.79 Å². The quantitative estimate of drug-likeness (QED) is 0.356. The van der Waals surface area contributed by atoms with Crippen molar-refractivity contribution in [3.05, 3.63) is 12.2 Å². The minimum Gasteiger partial charge on any atom is -0.293 e. The topological polar surface area (TPSA) is 35.5 Å². The van der Waals surface area contributed by atoms with Gasteiger partial charge in [-0.2, -0.15) is 4.89 Å². The molecule has 0 aromatic heterocycles. The number of carbonyl (C=O) groups excluding carboxylic acids is 1. The van der Waals surface area contributed by atoms with Crippen LogP contribution in [0, 0.1) is 0 Å². The first-order valence-corrected chi connectivity index (χ1v) is 3.61. The fraction of sp³-hybridized carbons (Fsp3) is 0.625. The summed E-state index contributed by atoms with van der Waals surface area (Å²) in [7, 11) is 0. The fourth-order valence-corrected chi connectivity index (χ4v) is 0.265. The van der Waals surface area contributed by atoms with E-state index < -0.39 is 5.97 Å². The van der Waals surface area contributed by atoms with Crippen LogP contribution in [-0.2, 0) is 14.6 Å². The zero-order chi connectivity index (χ0) is 8.85. The van der Waals surface area contributed by atoms with E-state index in [0.717, 1.165) is 6.42 Å². The summed E-state index contributed by atoms with van der Waals surface area (Å²) in [5, 5.41) is 0. The first-order chi connectivity index (χ1) is 5.07. The predicted octanol–water partition coefficient (Wildman–Crippen LogP) is 1.84. The summed E-state index contributed by atoms with van der Waals surface area (Å²) in [4.78, 5) is 19.8. The monoisotopic (exact) mass is 158 g/mol. The van der Waals surface area contributed by atoms with Crippen LogP contribution in [-0.4, -0.2) is 12.1 Å². The lowest BCUT2D eigenvalue weighted by Gasteiger charge is -2.07. The summed E-state index contributed by atoms with van der Waals surface area (Å²) >= 11 is 0. The van der Waals surface area contributed by atoms with Gasteiger partial charge in [0, 0.05) is 5.57 Å². The van der Waals surface area contributed by atoms with Crippen LogP contribution in [0.25, 0.3) is 0 Å². The molecule has 3 nitrogen and oxygen atoms in total. The van der Waals surface area contributed by atoms with E-state index in [-0.39, 0.29) is 6.10 Å². The summed E-state index contributed by atoms with van der Waals surface area (Å²) in [6, 6.07) is 0. The molecule has 0 bridgehead atoms. The SMILES string of the molecule is C=C(C)C(=O)OOC(C)CC. The van der Waals surface area contributed by atoms with Crippen LogP contribution in [0.5, 0.6) is 0 Å². The van der Waals surface area contributed by atoms with Gasteiger partial charge in [-0.3, -0.25) is 4.89 Å². The van der Waals surface area contributed by atoms with Gasteiger partial charge >= 0.3 is 5.97 Å². The standard InChI is InChI=1S/C8H14O3/c1-5-7(4)10-11-8(9)6(2)3/h7H,2,5H2,1,3-4H3. The molecule has 0 radical (unpaired) electrons. The number of carbonyl (C=O) groups is 1. The molecule has 0 spiro atoms. The van der Waals surface area contributed by atoms with Crippen LogP contribution in [0.2, 0.25) is 0 Å². The number of hydrogen-bond donors (Lipinski definition) is 0. The molecule has 0 N–H and O–H groups in total. The Morgan fingerprint density at radius 3 is 2.55 bits per heavy atom. The van der Waals surface area contributed by atoms with Gasteiger partial charge in [-0.15, -0.1) is 0 Å². The van der Waals surface area contributed by atoms with Crippen molar-refractivity contribution >= 4 is 5.97 Å². The average molecular weight is 158 g/mol. The second-order valence-corrected chi connectivity index (χ2v) is 2.47. The van der Waals surface area contributed by atoms with Crippen molar-refractivity contribution in [2.75, 3.05) is 0 Å². The van der Waals surface area contributed by atoms with Crippen molar-refractivity contribution in [2.45, 2.75) is 33.3 Å². The molecule has 3 heteroatoms. The van der Waals surface area contributed by atoms with Gasteiger partial charge < -0.3 is 0 Å². The Morgan fingerprint density at radius 1 is 1.64 bits per heavy atom. The van der Waals surface area contributed by atoms with Crippen LogP contribution in [0.4, 0.5) is 0 Å². The van der Waals surface area contributed by atoms with E-state index in [1.807, 2.05) is 13.8 Å². The molecule has 0 aromatic rings. The first kappa shape index (κ1) is 10.2. The van der Waals surface area contributed by atoms with Gasteiger partial charge in [-0.1, -0.05) is 13.5 Å². The van der Waals surface area contributed by atoms with Crippen molar-refractivity contribution < 1.29 is 14.6 Å². The molecule has 0 rings (SSSR count). The van der Waals surface area contributed by atoms with E-state index in [4.69, 9.17) is 4.89 Å². The van der Waals surface area contributed by atoms with Crippen LogP contribution < -0.4 is 0 Å². The Kier molecular flexibility index (Phi) is 4.54. The van der Waals surface area contributed by atoms with Gasteiger partial charge in [0.05, 0.1) is 0 Å². The molecule has 11 heavy (non-hydrogen) atoms. The second kappa shape index (κ2) is 4.91. The van der Waals surface area contributed by atoms with E-state index in [0.29, 0.717) is 5.57 Å². The molecule has 0 saturated carbocycles. The molecular formula is C8H14O3. The normalized spacial score (nSPS) is 12.3. The Hall–Kier alpha value is -0.830. The third kappa shape index (κ3) is 4.56. The third-order valence-electron chi connectivity index (χ3n) is 1.21. The highest BCUT2D eigenvalue weighted by molar-refractivity contribution is 5.86. The highest BCUT2D eigenvalue weighted by atomic mass is 17.2. The Labute approximate surface area is 66.9 Å². The zero-order valence-electron chi connectivity index (χ0n) is 7.22. The number of hydrogen-bond acceptors (Lipinski definition) is 3. The second-order valence-electron chi connectivity index (χ2n) is 2.47. The van der Waals surface area contributed by atoms with Gasteiger partial charge in [0.1, 0.15) is 6.10 Å². The van der Waals surface area contributed by atoms with E-state index in [1.165, 1.54) is 0 Å². The van der Waals surface area contributed by atoms with Crippen LogP contribution >= 0.6 is 0 Å². The van der Waals surface area contributed by atoms with Gasteiger partial charge in [0.2, 0.25) is 0 Å². The number of rotatable bonds is 4. The zero-order valence-corrected chi connectivity index (χ0v) is 7.22. The van der Waals surface area contributed by atoms with Crippen molar-refractivity contribution in [2.24, 2.45) is 0 Å². The summed E-state index contributed by atoms with van der Waals surface area (Å²) < 4.78 is 0. The molecule has 1 unspecified atom stereocenters. The summed E-state index contributed by atoms with van der Waals surface area (Å²) in [5.74, 6) is -0.509. The molecule has 0 aliphatic carbocycles. The summed E-state index contributed by atoms with van der Waals surface area (Å²) in [6.45, 7) is 8.74. The first-order valence-electron chi connectivity index (χ1n) is 3.61. The summed E-state index contributed by atoms with van der Waals surface area (Å²) in [5.41, 5.74) is 0.341. The molecule has 0 heterocycles. The lowest BCUT2D eigenvalue weighted by molar-refractivity contribution is -0.291. The van der Waals surface area contributed by atoms with Crippen LogP contribution in [0.15, 0.2) is 12.2 Å². The fourth-order valence-electron chi connectivity index (χ4n) is 0.265. The van der Waals surface area contributed by atoms with Crippen molar-refractivity contribution in [3.8, 4) is 0 Å². The van der Waals surface area contributed by atoms with E-state index in [2.05, 4.69) is 11.5 Å².